The van der Waals surface area contributed by atoms with Crippen LogP contribution in [0.25, 0.3) is 10.8 Å². The number of pyridine rings is 1. The van der Waals surface area contributed by atoms with Crippen LogP contribution in [0.3, 0.4) is 0 Å². The van der Waals surface area contributed by atoms with Gasteiger partial charge in [-0.05, 0) is 24.3 Å². The molecular weight excluding hydrogens is 372 g/mol. The third kappa shape index (κ3) is 4.13. The Morgan fingerprint density at radius 1 is 1.03 bits per heavy atom. The van der Waals surface area contributed by atoms with Gasteiger partial charge in [0, 0.05) is 24.9 Å². The van der Waals surface area contributed by atoms with Crippen LogP contribution in [0.5, 0.6) is 0 Å². The van der Waals surface area contributed by atoms with E-state index in [0.717, 1.165) is 10.4 Å². The van der Waals surface area contributed by atoms with Gasteiger partial charge in [-0.25, -0.2) is 4.68 Å². The van der Waals surface area contributed by atoms with Crippen LogP contribution in [0.4, 0.5) is 5.82 Å². The Morgan fingerprint density at radius 3 is 2.62 bits per heavy atom. The van der Waals surface area contributed by atoms with E-state index in [1.165, 1.54) is 0 Å². The second kappa shape index (κ2) is 7.93. The molecule has 4 aromatic rings. The van der Waals surface area contributed by atoms with Gasteiger partial charge in [0.2, 0.25) is 5.91 Å². The number of nitrogens with one attached hydrogen (secondary N) is 2. The first-order valence-electron chi connectivity index (χ1n) is 9.05. The van der Waals surface area contributed by atoms with Crippen LogP contribution in [0.15, 0.2) is 70.5 Å². The standard InChI is InChI=1S/C20H18N6O3/c27-18(22-17-8-11-25(23-17)13-14-5-3-4-10-21-14)9-12-26-20(29)16-7-2-1-6-15(16)19(28)24-26/h1-8,10-11H,9,12-13H2,(H,24,28)(H,22,23,27). The van der Waals surface area contributed by atoms with Gasteiger partial charge in [0.25, 0.3) is 11.1 Å². The summed E-state index contributed by atoms with van der Waals surface area (Å²) in [7, 11) is 0. The quantitative estimate of drug-likeness (QED) is 0.516. The fourth-order valence-electron chi connectivity index (χ4n) is 3.00. The summed E-state index contributed by atoms with van der Waals surface area (Å²) >= 11 is 0. The average molecular weight is 390 g/mol. The molecule has 29 heavy (non-hydrogen) atoms. The number of amides is 1. The number of anilines is 1. The van der Waals surface area contributed by atoms with Gasteiger partial charge in [-0.1, -0.05) is 18.2 Å². The number of aromatic amines is 1. The molecular formula is C20H18N6O3. The summed E-state index contributed by atoms with van der Waals surface area (Å²) in [6.07, 6.45) is 3.47. The molecule has 0 fully saturated rings. The Bertz CT molecular complexity index is 1270. The largest absolute Gasteiger partial charge is 0.309 e. The summed E-state index contributed by atoms with van der Waals surface area (Å²) in [6, 6.07) is 13.9. The maximum absolute atomic E-state index is 12.5. The smallest absolute Gasteiger partial charge is 0.273 e. The lowest BCUT2D eigenvalue weighted by atomic mass is 10.2. The van der Waals surface area contributed by atoms with E-state index in [1.807, 2.05) is 18.2 Å². The molecule has 0 spiro atoms. The second-order valence-corrected chi connectivity index (χ2v) is 6.46. The van der Waals surface area contributed by atoms with Gasteiger partial charge in [-0.2, -0.15) is 5.10 Å². The highest BCUT2D eigenvalue weighted by atomic mass is 16.2. The van der Waals surface area contributed by atoms with Crippen molar-refractivity contribution in [1.29, 1.82) is 0 Å². The molecule has 0 unspecified atom stereocenters. The molecule has 1 amide bonds. The van der Waals surface area contributed by atoms with E-state index < -0.39 is 0 Å². The van der Waals surface area contributed by atoms with E-state index in [2.05, 4.69) is 20.5 Å². The Morgan fingerprint density at radius 2 is 1.83 bits per heavy atom. The van der Waals surface area contributed by atoms with Gasteiger partial charge in [-0.3, -0.25) is 29.1 Å². The second-order valence-electron chi connectivity index (χ2n) is 6.46. The van der Waals surface area contributed by atoms with Crippen molar-refractivity contribution in [1.82, 2.24) is 24.5 Å². The molecule has 1 aromatic carbocycles. The SMILES string of the molecule is O=C(CCn1[nH]c(=O)c2ccccc2c1=O)Nc1ccn(Cc2ccccn2)n1. The lowest BCUT2D eigenvalue weighted by Gasteiger charge is -2.07. The number of nitrogens with zero attached hydrogens (tertiary/aromatic N) is 4. The number of hydrogen-bond acceptors (Lipinski definition) is 5. The molecule has 0 atom stereocenters. The number of aryl methyl sites for hydroxylation is 1. The lowest BCUT2D eigenvalue weighted by Crippen LogP contribution is -2.31. The van der Waals surface area contributed by atoms with E-state index >= 15 is 0 Å². The van der Waals surface area contributed by atoms with Crippen LogP contribution in [-0.2, 0) is 17.9 Å². The Labute approximate surface area is 164 Å². The van der Waals surface area contributed by atoms with Crippen molar-refractivity contribution in [2.24, 2.45) is 0 Å². The fraction of sp³-hybridized carbons (Fsp3) is 0.150. The lowest BCUT2D eigenvalue weighted by molar-refractivity contribution is -0.116. The van der Waals surface area contributed by atoms with Gasteiger partial charge >= 0.3 is 0 Å². The van der Waals surface area contributed by atoms with E-state index in [-0.39, 0.29) is 30.0 Å². The van der Waals surface area contributed by atoms with E-state index in [0.29, 0.717) is 23.1 Å². The zero-order chi connectivity index (χ0) is 20.2. The van der Waals surface area contributed by atoms with Gasteiger partial charge in [0.15, 0.2) is 5.82 Å². The zero-order valence-corrected chi connectivity index (χ0v) is 15.4. The minimum absolute atomic E-state index is 0.0152. The van der Waals surface area contributed by atoms with E-state index in [4.69, 9.17) is 0 Å². The van der Waals surface area contributed by atoms with Crippen LogP contribution in [0.1, 0.15) is 12.1 Å². The topological polar surface area (TPSA) is 115 Å². The number of rotatable bonds is 6. The Kier molecular flexibility index (Phi) is 5.02. The molecule has 0 saturated heterocycles. The third-order valence-electron chi connectivity index (χ3n) is 4.40. The Hall–Kier alpha value is -4.01. The zero-order valence-electron chi connectivity index (χ0n) is 15.4. The first-order chi connectivity index (χ1) is 14.1. The third-order valence-corrected chi connectivity index (χ3v) is 4.40. The van der Waals surface area contributed by atoms with Crippen molar-refractivity contribution in [2.45, 2.75) is 19.5 Å². The van der Waals surface area contributed by atoms with Gasteiger partial charge < -0.3 is 5.32 Å². The summed E-state index contributed by atoms with van der Waals surface area (Å²) < 4.78 is 2.83. The average Bonchev–Trinajstić information content (AvgIpc) is 3.17. The van der Waals surface area contributed by atoms with E-state index in [9.17, 15) is 14.4 Å². The number of carbonyl (C=O) groups is 1. The van der Waals surface area contributed by atoms with Crippen molar-refractivity contribution in [3.8, 4) is 0 Å². The van der Waals surface area contributed by atoms with Crippen LogP contribution >= 0.6 is 0 Å². The first-order valence-corrected chi connectivity index (χ1v) is 9.05. The van der Waals surface area contributed by atoms with Crippen molar-refractivity contribution >= 4 is 22.5 Å². The molecule has 0 saturated carbocycles. The summed E-state index contributed by atoms with van der Waals surface area (Å²) in [5, 5.41) is 10.1. The highest BCUT2D eigenvalue weighted by molar-refractivity contribution is 5.89. The van der Waals surface area contributed by atoms with Gasteiger partial charge in [0.1, 0.15) is 0 Å². The normalized spacial score (nSPS) is 10.9. The molecule has 3 aromatic heterocycles. The van der Waals surface area contributed by atoms with Crippen LogP contribution in [0, 0.1) is 0 Å². The number of hydrogen-bond donors (Lipinski definition) is 2. The van der Waals surface area contributed by atoms with Crippen molar-refractivity contribution in [3.05, 3.63) is 87.3 Å². The van der Waals surface area contributed by atoms with Crippen molar-refractivity contribution in [2.75, 3.05) is 5.32 Å². The van der Waals surface area contributed by atoms with Gasteiger partial charge in [0.05, 0.1) is 29.6 Å². The molecule has 0 radical (unpaired) electrons. The molecule has 0 aliphatic rings. The summed E-state index contributed by atoms with van der Waals surface area (Å²) in [5.74, 6) is 0.0966. The summed E-state index contributed by atoms with van der Waals surface area (Å²) in [5.41, 5.74) is 0.148. The molecule has 9 nitrogen and oxygen atoms in total. The van der Waals surface area contributed by atoms with Crippen molar-refractivity contribution < 1.29 is 4.79 Å². The molecule has 9 heteroatoms. The molecule has 2 N–H and O–H groups in total. The molecule has 0 aliphatic heterocycles. The molecule has 4 rings (SSSR count). The van der Waals surface area contributed by atoms with Crippen LogP contribution < -0.4 is 16.4 Å². The Balaban J connectivity index is 1.40. The van der Waals surface area contributed by atoms with Crippen LogP contribution in [-0.4, -0.2) is 30.5 Å². The number of H-pyrrole nitrogens is 1. The van der Waals surface area contributed by atoms with Crippen molar-refractivity contribution in [3.63, 3.8) is 0 Å². The molecule has 0 bridgehead atoms. The molecule has 146 valence electrons. The van der Waals surface area contributed by atoms with E-state index in [1.54, 1.807) is 47.4 Å². The fourth-order valence-corrected chi connectivity index (χ4v) is 3.00. The maximum Gasteiger partial charge on any atom is 0.273 e. The van der Waals surface area contributed by atoms with Crippen LogP contribution in [0.2, 0.25) is 0 Å². The summed E-state index contributed by atoms with van der Waals surface area (Å²) in [6.45, 7) is 0.545. The summed E-state index contributed by atoms with van der Waals surface area (Å²) in [4.78, 5) is 41.0. The minimum Gasteiger partial charge on any atom is -0.309 e. The number of carbonyl (C=O) groups excluding carboxylic acids is 1. The van der Waals surface area contributed by atoms with Gasteiger partial charge in [-0.15, -0.1) is 0 Å². The number of aromatic nitrogens is 5. The number of benzene rings is 1. The maximum atomic E-state index is 12.5. The predicted molar refractivity (Wildman–Crippen MR) is 108 cm³/mol. The predicted octanol–water partition coefficient (Wildman–Crippen LogP) is 1.36. The highest BCUT2D eigenvalue weighted by Crippen LogP contribution is 2.06. The minimum atomic E-state index is -0.367. The highest BCUT2D eigenvalue weighted by Gasteiger charge is 2.10. The number of fused-ring (bicyclic) bond motifs is 1. The molecule has 3 heterocycles. The monoisotopic (exact) mass is 390 g/mol. The molecule has 0 aliphatic carbocycles. The first kappa shape index (κ1) is 18.4.